The Morgan fingerprint density at radius 3 is 2.68 bits per heavy atom. The van der Waals surface area contributed by atoms with Crippen LogP contribution in [0.5, 0.6) is 0 Å². The lowest BCUT2D eigenvalue weighted by Crippen LogP contribution is -2.42. The van der Waals surface area contributed by atoms with E-state index in [1.165, 1.54) is 0 Å². The van der Waals surface area contributed by atoms with Crippen molar-refractivity contribution in [2.45, 2.75) is 58.5 Å². The van der Waals surface area contributed by atoms with Gasteiger partial charge in [-0.3, -0.25) is 9.59 Å². The van der Waals surface area contributed by atoms with Crippen molar-refractivity contribution in [2.24, 2.45) is 0 Å². The summed E-state index contributed by atoms with van der Waals surface area (Å²) in [6, 6.07) is 0.496. The number of nitrogens with zero attached hydrogens (tertiary/aromatic N) is 1. The van der Waals surface area contributed by atoms with Gasteiger partial charge < -0.3 is 15.5 Å². The molecule has 0 aliphatic carbocycles. The van der Waals surface area contributed by atoms with Gasteiger partial charge in [-0.15, -0.1) is 0 Å². The lowest BCUT2D eigenvalue weighted by Gasteiger charge is -2.21. The van der Waals surface area contributed by atoms with E-state index in [-0.39, 0.29) is 17.9 Å². The Bertz CT molecular complexity index is 305. The standard InChI is InChI=1S/C14H27N3O2/c1-11(2)15-8-4-6-13(18)16-12(3)10-17-9-5-7-14(17)19/h11-12,15H,4-10H2,1-3H3,(H,16,18). The minimum atomic E-state index is 0.0348. The quantitative estimate of drug-likeness (QED) is 0.643. The molecule has 5 heteroatoms. The molecule has 1 heterocycles. The first-order chi connectivity index (χ1) is 8.99. The Hall–Kier alpha value is -1.10. The topological polar surface area (TPSA) is 61.4 Å². The highest BCUT2D eigenvalue weighted by atomic mass is 16.2. The SMILES string of the molecule is CC(C)NCCCC(=O)NC(C)CN1CCCC1=O. The van der Waals surface area contributed by atoms with Crippen LogP contribution in [0.1, 0.15) is 46.5 Å². The number of nitrogens with one attached hydrogen (secondary N) is 2. The van der Waals surface area contributed by atoms with Crippen LogP contribution in [0.25, 0.3) is 0 Å². The molecule has 1 fully saturated rings. The molecular weight excluding hydrogens is 242 g/mol. The molecule has 1 unspecified atom stereocenters. The van der Waals surface area contributed by atoms with Crippen molar-refractivity contribution in [3.63, 3.8) is 0 Å². The maximum absolute atomic E-state index is 11.7. The molecule has 0 bridgehead atoms. The van der Waals surface area contributed by atoms with Gasteiger partial charge in [0.25, 0.3) is 0 Å². The highest BCUT2D eigenvalue weighted by Crippen LogP contribution is 2.09. The van der Waals surface area contributed by atoms with E-state index in [0.717, 1.165) is 25.9 Å². The first-order valence-electron chi connectivity index (χ1n) is 7.29. The predicted molar refractivity (Wildman–Crippen MR) is 75.8 cm³/mol. The zero-order valence-electron chi connectivity index (χ0n) is 12.4. The molecular formula is C14H27N3O2. The van der Waals surface area contributed by atoms with Gasteiger partial charge in [-0.25, -0.2) is 0 Å². The van der Waals surface area contributed by atoms with Crippen molar-refractivity contribution in [3.8, 4) is 0 Å². The zero-order valence-corrected chi connectivity index (χ0v) is 12.4. The summed E-state index contributed by atoms with van der Waals surface area (Å²) in [5.74, 6) is 0.284. The van der Waals surface area contributed by atoms with Gasteiger partial charge in [-0.05, 0) is 26.3 Å². The monoisotopic (exact) mass is 269 g/mol. The molecule has 19 heavy (non-hydrogen) atoms. The van der Waals surface area contributed by atoms with Crippen LogP contribution in [0.15, 0.2) is 0 Å². The summed E-state index contributed by atoms with van der Waals surface area (Å²) in [4.78, 5) is 25.0. The summed E-state index contributed by atoms with van der Waals surface area (Å²) in [7, 11) is 0. The third-order valence-electron chi connectivity index (χ3n) is 3.21. The Balaban J connectivity index is 2.12. The van der Waals surface area contributed by atoms with Crippen LogP contribution in [-0.4, -0.2) is 48.4 Å². The van der Waals surface area contributed by atoms with Crippen molar-refractivity contribution in [3.05, 3.63) is 0 Å². The molecule has 0 aromatic rings. The van der Waals surface area contributed by atoms with Gasteiger partial charge in [0.1, 0.15) is 0 Å². The average Bonchev–Trinajstić information content (AvgIpc) is 2.70. The number of rotatable bonds is 8. The van der Waals surface area contributed by atoms with E-state index in [0.29, 0.717) is 25.4 Å². The van der Waals surface area contributed by atoms with Crippen LogP contribution in [0, 0.1) is 0 Å². The second kappa shape index (κ2) is 8.15. The van der Waals surface area contributed by atoms with E-state index in [9.17, 15) is 9.59 Å². The molecule has 0 saturated carbocycles. The molecule has 0 aromatic carbocycles. The molecule has 0 aromatic heterocycles. The van der Waals surface area contributed by atoms with Crippen LogP contribution >= 0.6 is 0 Å². The molecule has 0 spiro atoms. The van der Waals surface area contributed by atoms with Crippen LogP contribution < -0.4 is 10.6 Å². The van der Waals surface area contributed by atoms with Crippen molar-refractivity contribution >= 4 is 11.8 Å². The normalized spacial score (nSPS) is 17.1. The number of carbonyl (C=O) groups is 2. The molecule has 110 valence electrons. The molecule has 1 aliphatic heterocycles. The lowest BCUT2D eigenvalue weighted by atomic mass is 10.2. The highest BCUT2D eigenvalue weighted by Gasteiger charge is 2.22. The van der Waals surface area contributed by atoms with Gasteiger partial charge in [-0.1, -0.05) is 13.8 Å². The number of likely N-dealkylation sites (tertiary alicyclic amines) is 1. The third kappa shape index (κ3) is 6.57. The number of hydrogen-bond donors (Lipinski definition) is 2. The van der Waals surface area contributed by atoms with Gasteiger partial charge in [0.05, 0.1) is 0 Å². The summed E-state index contributed by atoms with van der Waals surface area (Å²) >= 11 is 0. The molecule has 1 atom stereocenters. The van der Waals surface area contributed by atoms with E-state index >= 15 is 0 Å². The fourth-order valence-corrected chi connectivity index (χ4v) is 2.26. The first-order valence-corrected chi connectivity index (χ1v) is 7.29. The van der Waals surface area contributed by atoms with Crippen LogP contribution in [0.2, 0.25) is 0 Å². The number of hydrogen-bond acceptors (Lipinski definition) is 3. The molecule has 5 nitrogen and oxygen atoms in total. The summed E-state index contributed by atoms with van der Waals surface area (Å²) in [6.45, 7) is 8.47. The molecule has 2 N–H and O–H groups in total. The van der Waals surface area contributed by atoms with Gasteiger partial charge in [0.2, 0.25) is 11.8 Å². The first kappa shape index (κ1) is 16.0. The summed E-state index contributed by atoms with van der Waals surface area (Å²) in [5.41, 5.74) is 0. The molecule has 1 rings (SSSR count). The smallest absolute Gasteiger partial charge is 0.222 e. The summed E-state index contributed by atoms with van der Waals surface area (Å²) in [6.07, 6.45) is 2.99. The minimum Gasteiger partial charge on any atom is -0.352 e. The van der Waals surface area contributed by atoms with Crippen molar-refractivity contribution in [1.29, 1.82) is 0 Å². The fraction of sp³-hybridized carbons (Fsp3) is 0.857. The second-order valence-electron chi connectivity index (χ2n) is 5.62. The lowest BCUT2D eigenvalue weighted by molar-refractivity contribution is -0.129. The largest absolute Gasteiger partial charge is 0.352 e. The Kier molecular flexibility index (Phi) is 6.84. The third-order valence-corrected chi connectivity index (χ3v) is 3.21. The Labute approximate surface area is 116 Å². The van der Waals surface area contributed by atoms with Gasteiger partial charge in [-0.2, -0.15) is 0 Å². The average molecular weight is 269 g/mol. The second-order valence-corrected chi connectivity index (χ2v) is 5.62. The molecule has 0 radical (unpaired) electrons. The van der Waals surface area contributed by atoms with E-state index in [2.05, 4.69) is 24.5 Å². The van der Waals surface area contributed by atoms with Crippen LogP contribution in [0.4, 0.5) is 0 Å². The maximum atomic E-state index is 11.7. The Morgan fingerprint density at radius 2 is 2.11 bits per heavy atom. The maximum Gasteiger partial charge on any atom is 0.222 e. The Morgan fingerprint density at radius 1 is 1.37 bits per heavy atom. The van der Waals surface area contributed by atoms with Crippen molar-refractivity contribution in [2.75, 3.05) is 19.6 Å². The van der Waals surface area contributed by atoms with Crippen molar-refractivity contribution < 1.29 is 9.59 Å². The number of carbonyl (C=O) groups excluding carboxylic acids is 2. The minimum absolute atomic E-state index is 0.0348. The van der Waals surface area contributed by atoms with E-state index in [4.69, 9.17) is 0 Å². The van der Waals surface area contributed by atoms with E-state index in [1.54, 1.807) is 0 Å². The zero-order chi connectivity index (χ0) is 14.3. The van der Waals surface area contributed by atoms with Crippen LogP contribution in [0.3, 0.4) is 0 Å². The molecule has 1 saturated heterocycles. The molecule has 2 amide bonds. The predicted octanol–water partition coefficient (Wildman–Crippen LogP) is 0.892. The van der Waals surface area contributed by atoms with E-state index in [1.807, 2.05) is 11.8 Å². The fourth-order valence-electron chi connectivity index (χ4n) is 2.26. The number of amides is 2. The summed E-state index contributed by atoms with van der Waals surface area (Å²) in [5, 5.41) is 6.24. The van der Waals surface area contributed by atoms with Crippen LogP contribution in [-0.2, 0) is 9.59 Å². The molecule has 1 aliphatic rings. The summed E-state index contributed by atoms with van der Waals surface area (Å²) < 4.78 is 0. The van der Waals surface area contributed by atoms with Crippen molar-refractivity contribution in [1.82, 2.24) is 15.5 Å². The highest BCUT2D eigenvalue weighted by molar-refractivity contribution is 5.78. The van der Waals surface area contributed by atoms with E-state index < -0.39 is 0 Å². The van der Waals surface area contributed by atoms with Gasteiger partial charge >= 0.3 is 0 Å². The van der Waals surface area contributed by atoms with Gasteiger partial charge in [0.15, 0.2) is 0 Å². The van der Waals surface area contributed by atoms with Gasteiger partial charge in [0, 0.05) is 38.0 Å².